The summed E-state index contributed by atoms with van der Waals surface area (Å²) in [5.41, 5.74) is 2.77. The van der Waals surface area contributed by atoms with Crippen LogP contribution in [0, 0.1) is 46.3 Å². The van der Waals surface area contributed by atoms with E-state index >= 15 is 0 Å². The van der Waals surface area contributed by atoms with Crippen molar-refractivity contribution in [3.8, 4) is 0 Å². The van der Waals surface area contributed by atoms with E-state index in [-0.39, 0.29) is 6.10 Å². The molecule has 4 nitrogen and oxygen atoms in total. The van der Waals surface area contributed by atoms with Gasteiger partial charge in [0.15, 0.2) is 0 Å². The van der Waals surface area contributed by atoms with Crippen LogP contribution in [-0.2, 0) is 14.2 Å². The molecule has 4 aliphatic carbocycles. The smallest absolute Gasteiger partial charge is 0.0935 e. The Balaban J connectivity index is 0.925. The van der Waals surface area contributed by atoms with E-state index in [1.54, 1.807) is 5.57 Å². The molecule has 1 aliphatic heterocycles. The zero-order valence-corrected chi connectivity index (χ0v) is 43.0. The fourth-order valence-electron chi connectivity index (χ4n) is 13.9. The molecule has 0 aromatic rings. The minimum absolute atomic E-state index is 0.183. The summed E-state index contributed by atoms with van der Waals surface area (Å²) in [5.74, 6) is 5.45. The first-order chi connectivity index (χ1) is 30.7. The molecule has 10 atom stereocenters. The molecule has 5 rings (SSSR count). The van der Waals surface area contributed by atoms with Crippen LogP contribution in [0.4, 0.5) is 0 Å². The molecule has 10 unspecified atom stereocenters. The number of hydrogen-bond donors (Lipinski definition) is 0. The van der Waals surface area contributed by atoms with Gasteiger partial charge in [-0.25, -0.2) is 0 Å². The second-order valence-corrected chi connectivity index (χ2v) is 23.1. The van der Waals surface area contributed by atoms with Crippen molar-refractivity contribution in [3.05, 3.63) is 36.0 Å². The second kappa shape index (κ2) is 29.1. The van der Waals surface area contributed by atoms with Crippen molar-refractivity contribution >= 4 is 0 Å². The molecule has 1 saturated heterocycles. The number of fused-ring (bicyclic) bond motifs is 5. The lowest BCUT2D eigenvalue weighted by molar-refractivity contribution is -0.0643. The van der Waals surface area contributed by atoms with Gasteiger partial charge < -0.3 is 14.2 Å². The van der Waals surface area contributed by atoms with Gasteiger partial charge in [0.1, 0.15) is 0 Å². The molecule has 63 heavy (non-hydrogen) atoms. The number of allylic oxidation sites excluding steroid dienone is 5. The van der Waals surface area contributed by atoms with Gasteiger partial charge in [0.05, 0.1) is 18.8 Å². The van der Waals surface area contributed by atoms with Gasteiger partial charge in [-0.15, -0.1) is 0 Å². The normalized spacial score (nSPS) is 31.1. The predicted octanol–water partition coefficient (Wildman–Crippen LogP) is 16.7. The number of piperidine rings is 1. The first-order valence-corrected chi connectivity index (χ1v) is 28.2. The van der Waals surface area contributed by atoms with E-state index in [1.807, 2.05) is 0 Å². The Morgan fingerprint density at radius 1 is 0.730 bits per heavy atom. The molecule has 0 aromatic heterocycles. The van der Waals surface area contributed by atoms with Crippen LogP contribution < -0.4 is 0 Å². The van der Waals surface area contributed by atoms with Crippen LogP contribution in [0.2, 0.25) is 0 Å². The summed E-state index contributed by atoms with van der Waals surface area (Å²) in [4.78, 5) is 2.66. The molecule has 364 valence electrons. The highest BCUT2D eigenvalue weighted by Gasteiger charge is 2.59. The van der Waals surface area contributed by atoms with Crippen molar-refractivity contribution in [2.75, 3.05) is 39.5 Å². The Labute approximate surface area is 392 Å². The number of ether oxygens (including phenoxy) is 3. The largest absolute Gasteiger partial charge is 0.379 e. The number of hydrogen-bond acceptors (Lipinski definition) is 4. The van der Waals surface area contributed by atoms with Crippen molar-refractivity contribution in [2.24, 2.45) is 46.3 Å². The number of likely N-dealkylation sites (tertiary alicyclic amines) is 1. The quantitative estimate of drug-likeness (QED) is 0.0498. The maximum Gasteiger partial charge on any atom is 0.0935 e. The third kappa shape index (κ3) is 17.0. The van der Waals surface area contributed by atoms with Crippen LogP contribution in [0.15, 0.2) is 36.0 Å². The number of rotatable bonds is 32. The molecule has 4 heteroatoms. The molecule has 0 radical (unpaired) electrons. The van der Waals surface area contributed by atoms with Gasteiger partial charge in [-0.05, 0) is 182 Å². The fraction of sp³-hybridized carbons (Fsp3) is 0.898. The van der Waals surface area contributed by atoms with Gasteiger partial charge in [0, 0.05) is 32.4 Å². The summed E-state index contributed by atoms with van der Waals surface area (Å²) < 4.78 is 19.5. The van der Waals surface area contributed by atoms with E-state index in [1.165, 1.54) is 173 Å². The van der Waals surface area contributed by atoms with Gasteiger partial charge in [-0.3, -0.25) is 4.90 Å². The molecule has 0 N–H and O–H groups in total. The lowest BCUT2D eigenvalue weighted by atomic mass is 9.47. The van der Waals surface area contributed by atoms with Crippen molar-refractivity contribution in [2.45, 2.75) is 253 Å². The molecule has 0 bridgehead atoms. The Hall–Kier alpha value is -0.940. The summed E-state index contributed by atoms with van der Waals surface area (Å²) in [6, 6.07) is 0.662. The average molecular weight is 876 g/mol. The second-order valence-electron chi connectivity index (χ2n) is 23.1. The summed E-state index contributed by atoms with van der Waals surface area (Å²) in [6.07, 6.45) is 51.0. The molecule has 5 aliphatic rings. The highest BCUT2D eigenvalue weighted by Crippen LogP contribution is 2.67. The Morgan fingerprint density at radius 2 is 1.46 bits per heavy atom. The Morgan fingerprint density at radius 3 is 2.24 bits per heavy atom. The molecular weight excluding hydrogens is 771 g/mol. The van der Waals surface area contributed by atoms with E-state index in [0.29, 0.717) is 23.0 Å². The minimum Gasteiger partial charge on any atom is -0.379 e. The Bertz CT molecular complexity index is 1310. The van der Waals surface area contributed by atoms with Gasteiger partial charge in [-0.1, -0.05) is 142 Å². The highest BCUT2D eigenvalue weighted by atomic mass is 16.5. The zero-order valence-electron chi connectivity index (χ0n) is 43.0. The molecule has 0 spiro atoms. The van der Waals surface area contributed by atoms with Crippen LogP contribution in [0.3, 0.4) is 0 Å². The van der Waals surface area contributed by atoms with Crippen LogP contribution in [0.5, 0.6) is 0 Å². The Kier molecular flexibility index (Phi) is 24.5. The molecule has 4 fully saturated rings. The lowest BCUT2D eigenvalue weighted by Gasteiger charge is -2.58. The van der Waals surface area contributed by atoms with Gasteiger partial charge >= 0.3 is 0 Å². The van der Waals surface area contributed by atoms with E-state index in [0.717, 1.165) is 87.7 Å². The summed E-state index contributed by atoms with van der Waals surface area (Å²) in [7, 11) is 0. The van der Waals surface area contributed by atoms with E-state index in [2.05, 4.69) is 83.7 Å². The fourth-order valence-corrected chi connectivity index (χ4v) is 13.9. The maximum absolute atomic E-state index is 6.66. The summed E-state index contributed by atoms with van der Waals surface area (Å²) >= 11 is 0. The summed E-state index contributed by atoms with van der Waals surface area (Å²) in [5, 5.41) is 0. The zero-order chi connectivity index (χ0) is 44.8. The topological polar surface area (TPSA) is 30.9 Å². The molecular formula is C59H105NO3. The molecule has 0 aromatic carbocycles. The SMILES string of the molecule is CCCCCC=CCC=CCCCCCCCCOCC(CN1CCCCC1C)OCCCCCOC1CCC2(C)C(=CCC3C2CCC2(C)C(C(C)CCCC(C)C)CCC32)C1. The first-order valence-electron chi connectivity index (χ1n) is 28.2. The molecule has 3 saturated carbocycles. The van der Waals surface area contributed by atoms with Crippen molar-refractivity contribution in [3.63, 3.8) is 0 Å². The third-order valence-corrected chi connectivity index (χ3v) is 17.9. The maximum atomic E-state index is 6.66. The van der Waals surface area contributed by atoms with E-state index in [9.17, 15) is 0 Å². The van der Waals surface area contributed by atoms with E-state index in [4.69, 9.17) is 14.2 Å². The first kappa shape index (κ1) is 53.0. The van der Waals surface area contributed by atoms with Crippen LogP contribution >= 0.6 is 0 Å². The highest BCUT2D eigenvalue weighted by molar-refractivity contribution is 5.25. The summed E-state index contributed by atoms with van der Waals surface area (Å²) in [6.45, 7) is 23.1. The van der Waals surface area contributed by atoms with Crippen LogP contribution in [0.25, 0.3) is 0 Å². The molecule has 0 amide bonds. The van der Waals surface area contributed by atoms with Crippen LogP contribution in [0.1, 0.15) is 235 Å². The van der Waals surface area contributed by atoms with Crippen molar-refractivity contribution in [1.29, 1.82) is 0 Å². The van der Waals surface area contributed by atoms with E-state index < -0.39 is 0 Å². The average Bonchev–Trinajstić information content (AvgIpc) is 3.63. The predicted molar refractivity (Wildman–Crippen MR) is 271 cm³/mol. The van der Waals surface area contributed by atoms with Gasteiger partial charge in [0.2, 0.25) is 0 Å². The minimum atomic E-state index is 0.183. The van der Waals surface area contributed by atoms with Gasteiger partial charge in [-0.2, -0.15) is 0 Å². The number of unbranched alkanes of at least 4 members (excludes halogenated alkanes) is 11. The monoisotopic (exact) mass is 876 g/mol. The van der Waals surface area contributed by atoms with Gasteiger partial charge in [0.25, 0.3) is 0 Å². The standard InChI is InChI=1S/C59H105NO3/c1-8-9-10-11-12-13-14-15-16-17-18-19-20-21-22-26-42-61-47-53(46-60-41-25-24-32-50(60)5)63-44-28-23-27-43-62-52-37-39-58(6)51(45-52)33-34-54-56-36-35-55(49(4)31-29-30-48(2)3)59(56,7)40-38-57(54)58/h12-13,15-16,33,48-50,52-57H,8-11,14,17-32,34-47H2,1-7H3. The van der Waals surface area contributed by atoms with Crippen LogP contribution in [-0.4, -0.2) is 62.7 Å². The lowest BCUT2D eigenvalue weighted by Crippen LogP contribution is -2.51. The molecule has 1 heterocycles. The third-order valence-electron chi connectivity index (χ3n) is 17.9. The van der Waals surface area contributed by atoms with Crippen molar-refractivity contribution in [1.82, 2.24) is 4.90 Å². The van der Waals surface area contributed by atoms with Crippen molar-refractivity contribution < 1.29 is 14.2 Å². The number of nitrogens with zero attached hydrogens (tertiary/aromatic N) is 1.